The molecule has 1 aliphatic carbocycles. The number of nitrogens with two attached hydrogens (primary N) is 1. The van der Waals surface area contributed by atoms with Gasteiger partial charge in [0.2, 0.25) is 0 Å². The predicted octanol–water partition coefficient (Wildman–Crippen LogP) is 1.23. The maximum atomic E-state index is 11.5. The lowest BCUT2D eigenvalue weighted by molar-refractivity contribution is -0.142. The van der Waals surface area contributed by atoms with Gasteiger partial charge in [-0.15, -0.1) is 0 Å². The van der Waals surface area contributed by atoms with Crippen LogP contribution in [-0.2, 0) is 28.8 Å². The molecule has 0 aromatic heterocycles. The summed E-state index contributed by atoms with van der Waals surface area (Å²) < 4.78 is 10.3. The van der Waals surface area contributed by atoms with Crippen molar-refractivity contribution in [2.75, 3.05) is 13.7 Å². The molecule has 0 spiro atoms. The van der Waals surface area contributed by atoms with E-state index in [2.05, 4.69) is 0 Å². The average Bonchev–Trinajstić information content (AvgIpc) is 2.67. The van der Waals surface area contributed by atoms with Gasteiger partial charge in [-0.1, -0.05) is 6.07 Å². The average molecular weight is 249 g/mol. The van der Waals surface area contributed by atoms with E-state index in [1.165, 1.54) is 11.1 Å². The number of carbonyl (C=O) groups is 1. The maximum Gasteiger partial charge on any atom is 0.310 e. The van der Waals surface area contributed by atoms with Crippen LogP contribution in [0.5, 0.6) is 5.75 Å². The van der Waals surface area contributed by atoms with E-state index in [0.29, 0.717) is 6.61 Å². The third kappa shape index (κ3) is 2.64. The van der Waals surface area contributed by atoms with Crippen LogP contribution in [0.2, 0.25) is 0 Å². The van der Waals surface area contributed by atoms with Crippen LogP contribution in [0.3, 0.4) is 0 Å². The van der Waals surface area contributed by atoms with Gasteiger partial charge in [0.15, 0.2) is 0 Å². The van der Waals surface area contributed by atoms with E-state index < -0.39 is 0 Å². The first-order valence-electron chi connectivity index (χ1n) is 6.24. The van der Waals surface area contributed by atoms with E-state index in [0.717, 1.165) is 24.2 Å². The van der Waals surface area contributed by atoms with Crippen molar-refractivity contribution >= 4 is 5.97 Å². The lowest BCUT2D eigenvalue weighted by atomic mass is 10.0. The van der Waals surface area contributed by atoms with Crippen LogP contribution < -0.4 is 10.5 Å². The van der Waals surface area contributed by atoms with Crippen LogP contribution in [0.15, 0.2) is 12.1 Å². The minimum absolute atomic E-state index is 0.183. The first-order valence-corrected chi connectivity index (χ1v) is 6.24. The summed E-state index contributed by atoms with van der Waals surface area (Å²) in [6.07, 6.45) is 2.00. The molecule has 1 atom stereocenters. The number of benzene rings is 1. The molecule has 0 bridgehead atoms. The highest BCUT2D eigenvalue weighted by atomic mass is 16.5. The first-order chi connectivity index (χ1) is 8.63. The number of esters is 1. The van der Waals surface area contributed by atoms with Crippen molar-refractivity contribution in [2.45, 2.75) is 32.2 Å². The molecule has 1 aromatic rings. The summed E-state index contributed by atoms with van der Waals surface area (Å²) in [7, 11) is 1.62. The van der Waals surface area contributed by atoms with Gasteiger partial charge in [0, 0.05) is 11.6 Å². The van der Waals surface area contributed by atoms with Crippen molar-refractivity contribution in [3.05, 3.63) is 28.8 Å². The summed E-state index contributed by atoms with van der Waals surface area (Å²) in [5.74, 6) is 0.522. The molecular weight excluding hydrogens is 230 g/mol. The number of carbonyl (C=O) groups excluding carboxylic acids is 1. The largest absolute Gasteiger partial charge is 0.496 e. The Morgan fingerprint density at radius 2 is 2.06 bits per heavy atom. The molecule has 1 aromatic carbocycles. The molecule has 18 heavy (non-hydrogen) atoms. The van der Waals surface area contributed by atoms with Gasteiger partial charge >= 0.3 is 5.97 Å². The molecule has 0 saturated heterocycles. The standard InChI is InChI=1S/C14H19NO3/c1-3-18-14(16)8-11-4-9-5-12(15)6-10(9)7-13(11)17-2/h4,7,12H,3,5-6,8,15H2,1-2H3. The molecule has 0 heterocycles. The molecular formula is C14H19NO3. The predicted molar refractivity (Wildman–Crippen MR) is 68.7 cm³/mol. The van der Waals surface area contributed by atoms with Crippen molar-refractivity contribution in [1.82, 2.24) is 0 Å². The van der Waals surface area contributed by atoms with Gasteiger partial charge in [-0.2, -0.15) is 0 Å². The Balaban J connectivity index is 2.24. The van der Waals surface area contributed by atoms with E-state index in [9.17, 15) is 4.79 Å². The quantitative estimate of drug-likeness (QED) is 0.815. The van der Waals surface area contributed by atoms with E-state index in [1.54, 1.807) is 14.0 Å². The Morgan fingerprint density at radius 3 is 2.67 bits per heavy atom. The van der Waals surface area contributed by atoms with Gasteiger partial charge in [-0.25, -0.2) is 0 Å². The van der Waals surface area contributed by atoms with Crippen LogP contribution >= 0.6 is 0 Å². The smallest absolute Gasteiger partial charge is 0.310 e. The fourth-order valence-corrected chi connectivity index (χ4v) is 2.43. The van der Waals surface area contributed by atoms with Gasteiger partial charge < -0.3 is 15.2 Å². The maximum absolute atomic E-state index is 11.5. The molecule has 0 radical (unpaired) electrons. The van der Waals surface area contributed by atoms with Crippen molar-refractivity contribution in [3.63, 3.8) is 0 Å². The number of methoxy groups -OCH3 is 1. The fraction of sp³-hybridized carbons (Fsp3) is 0.500. The monoisotopic (exact) mass is 249 g/mol. The van der Waals surface area contributed by atoms with E-state index >= 15 is 0 Å². The molecule has 98 valence electrons. The SMILES string of the molecule is CCOC(=O)Cc1cc2c(cc1OC)CC(N)C2. The van der Waals surface area contributed by atoms with E-state index in [1.807, 2.05) is 12.1 Å². The van der Waals surface area contributed by atoms with Gasteiger partial charge in [-0.3, -0.25) is 4.79 Å². The zero-order chi connectivity index (χ0) is 13.1. The topological polar surface area (TPSA) is 61.5 Å². The summed E-state index contributed by atoms with van der Waals surface area (Å²) in [5.41, 5.74) is 9.27. The van der Waals surface area contributed by atoms with E-state index in [4.69, 9.17) is 15.2 Å². The summed E-state index contributed by atoms with van der Waals surface area (Å²) in [6, 6.07) is 4.21. The van der Waals surface area contributed by atoms with Crippen molar-refractivity contribution < 1.29 is 14.3 Å². The highest BCUT2D eigenvalue weighted by Crippen LogP contribution is 2.30. The zero-order valence-electron chi connectivity index (χ0n) is 10.9. The van der Waals surface area contributed by atoms with Gasteiger partial charge in [0.25, 0.3) is 0 Å². The number of fused-ring (bicyclic) bond motifs is 1. The number of hydrogen-bond acceptors (Lipinski definition) is 4. The van der Waals surface area contributed by atoms with Crippen LogP contribution in [0.4, 0.5) is 0 Å². The zero-order valence-corrected chi connectivity index (χ0v) is 10.9. The van der Waals surface area contributed by atoms with Crippen LogP contribution in [0, 0.1) is 0 Å². The van der Waals surface area contributed by atoms with Crippen LogP contribution in [-0.4, -0.2) is 25.7 Å². The molecule has 2 rings (SSSR count). The Bertz CT molecular complexity index is 457. The minimum atomic E-state index is -0.224. The molecule has 1 unspecified atom stereocenters. The summed E-state index contributed by atoms with van der Waals surface area (Å²) in [5, 5.41) is 0. The van der Waals surface area contributed by atoms with Gasteiger partial charge in [0.1, 0.15) is 5.75 Å². The molecule has 0 saturated carbocycles. The van der Waals surface area contributed by atoms with Gasteiger partial charge in [0.05, 0.1) is 20.1 Å². The second-order valence-corrected chi connectivity index (χ2v) is 4.58. The van der Waals surface area contributed by atoms with Crippen molar-refractivity contribution in [2.24, 2.45) is 5.73 Å². The molecule has 2 N–H and O–H groups in total. The Hall–Kier alpha value is -1.55. The molecule has 4 heteroatoms. The van der Waals surface area contributed by atoms with Crippen molar-refractivity contribution in [1.29, 1.82) is 0 Å². The summed E-state index contributed by atoms with van der Waals surface area (Å²) in [6.45, 7) is 2.20. The van der Waals surface area contributed by atoms with Crippen LogP contribution in [0.1, 0.15) is 23.6 Å². The first kappa shape index (κ1) is 12.9. The summed E-state index contributed by atoms with van der Waals surface area (Å²) >= 11 is 0. The highest BCUT2D eigenvalue weighted by molar-refractivity contribution is 5.74. The highest BCUT2D eigenvalue weighted by Gasteiger charge is 2.21. The second kappa shape index (κ2) is 5.40. The van der Waals surface area contributed by atoms with Crippen LogP contribution in [0.25, 0.3) is 0 Å². The van der Waals surface area contributed by atoms with E-state index in [-0.39, 0.29) is 18.4 Å². The lowest BCUT2D eigenvalue weighted by Gasteiger charge is -2.11. The molecule has 1 aliphatic rings. The lowest BCUT2D eigenvalue weighted by Crippen LogP contribution is -2.19. The second-order valence-electron chi connectivity index (χ2n) is 4.58. The van der Waals surface area contributed by atoms with Crippen molar-refractivity contribution in [3.8, 4) is 5.75 Å². The normalized spacial score (nSPS) is 17.4. The van der Waals surface area contributed by atoms with Gasteiger partial charge in [-0.05, 0) is 37.0 Å². The Kier molecular flexibility index (Phi) is 3.87. The molecule has 4 nitrogen and oxygen atoms in total. The Morgan fingerprint density at radius 1 is 1.39 bits per heavy atom. The molecule has 0 amide bonds. The third-order valence-corrected chi connectivity index (χ3v) is 3.21. The third-order valence-electron chi connectivity index (χ3n) is 3.21. The molecule has 0 fully saturated rings. The number of ether oxygens (including phenoxy) is 2. The number of hydrogen-bond donors (Lipinski definition) is 1. The molecule has 0 aliphatic heterocycles. The minimum Gasteiger partial charge on any atom is -0.496 e. The summed E-state index contributed by atoms with van der Waals surface area (Å²) in [4.78, 5) is 11.5. The number of rotatable bonds is 4. The Labute approximate surface area is 107 Å². The fourth-order valence-electron chi connectivity index (χ4n) is 2.43.